The minimum Gasteiger partial charge on any atom is -0.497 e. The zero-order valence-electron chi connectivity index (χ0n) is 13.6. The van der Waals surface area contributed by atoms with Crippen molar-refractivity contribution in [3.8, 4) is 11.5 Å². The number of fused-ring (bicyclic) bond motifs is 1. The third-order valence-electron chi connectivity index (χ3n) is 3.57. The summed E-state index contributed by atoms with van der Waals surface area (Å²) in [4.78, 5) is 16.7. The van der Waals surface area contributed by atoms with Crippen molar-refractivity contribution in [2.45, 2.75) is 13.0 Å². The Hall–Kier alpha value is -3.23. The van der Waals surface area contributed by atoms with Crippen molar-refractivity contribution >= 4 is 16.6 Å². The maximum absolute atomic E-state index is 12.5. The van der Waals surface area contributed by atoms with E-state index >= 15 is 0 Å². The molecule has 0 aliphatic heterocycles. The summed E-state index contributed by atoms with van der Waals surface area (Å²) in [5.74, 6) is 0.281. The molecule has 3 rings (SSSR count). The highest BCUT2D eigenvalue weighted by Gasteiger charge is 2.30. The Morgan fingerprint density at radius 3 is 2.46 bits per heavy atom. The van der Waals surface area contributed by atoms with Crippen molar-refractivity contribution in [1.82, 2.24) is 9.55 Å². The average Bonchev–Trinajstić information content (AvgIpc) is 2.61. The van der Waals surface area contributed by atoms with Crippen molar-refractivity contribution in [2.75, 3.05) is 12.4 Å². The molecule has 136 valence electrons. The van der Waals surface area contributed by atoms with Crippen LogP contribution >= 0.6 is 0 Å². The van der Waals surface area contributed by atoms with E-state index in [0.29, 0.717) is 22.3 Å². The number of benzene rings is 2. The topological polar surface area (TPSA) is 65.4 Å². The molecule has 0 atom stereocenters. The quantitative estimate of drug-likeness (QED) is 0.751. The Labute approximate surface area is 145 Å². The summed E-state index contributed by atoms with van der Waals surface area (Å²) in [6.07, 6.45) is -3.35. The van der Waals surface area contributed by atoms with Crippen LogP contribution in [0.3, 0.4) is 0 Å². The second-order valence-corrected chi connectivity index (χ2v) is 5.31. The summed E-state index contributed by atoms with van der Waals surface area (Å²) < 4.78 is 46.7. The maximum Gasteiger partial charge on any atom is 0.573 e. The van der Waals surface area contributed by atoms with Gasteiger partial charge in [-0.15, -0.1) is 13.2 Å². The van der Waals surface area contributed by atoms with Crippen LogP contribution in [0.15, 0.2) is 53.6 Å². The highest BCUT2D eigenvalue weighted by Crippen LogP contribution is 2.24. The summed E-state index contributed by atoms with van der Waals surface area (Å²) in [7, 11) is 1.53. The monoisotopic (exact) mass is 365 g/mol. The van der Waals surface area contributed by atoms with Crippen LogP contribution in [0.1, 0.15) is 0 Å². The highest BCUT2D eigenvalue weighted by atomic mass is 19.4. The van der Waals surface area contributed by atoms with E-state index in [-0.39, 0.29) is 18.0 Å². The fourth-order valence-corrected chi connectivity index (χ4v) is 2.33. The Bertz CT molecular complexity index is 969. The van der Waals surface area contributed by atoms with Crippen LogP contribution in [0.4, 0.5) is 18.9 Å². The molecule has 0 unspecified atom stereocenters. The SMILES string of the molecule is COc1ccc2c(=O)n(CNc3ccc(OC(F)(F)F)cc3)cnc2c1. The van der Waals surface area contributed by atoms with Crippen molar-refractivity contribution in [2.24, 2.45) is 0 Å². The molecule has 0 radical (unpaired) electrons. The number of methoxy groups -OCH3 is 1. The van der Waals surface area contributed by atoms with E-state index < -0.39 is 6.36 Å². The number of anilines is 1. The van der Waals surface area contributed by atoms with Crippen LogP contribution < -0.4 is 20.3 Å². The second kappa shape index (κ2) is 6.95. The summed E-state index contributed by atoms with van der Waals surface area (Å²) >= 11 is 0. The van der Waals surface area contributed by atoms with Crippen LogP contribution in [-0.2, 0) is 6.67 Å². The zero-order valence-corrected chi connectivity index (χ0v) is 13.6. The molecular formula is C17H14F3N3O3. The van der Waals surface area contributed by atoms with Gasteiger partial charge in [-0.1, -0.05) is 0 Å². The van der Waals surface area contributed by atoms with Gasteiger partial charge in [-0.3, -0.25) is 9.36 Å². The molecule has 9 heteroatoms. The van der Waals surface area contributed by atoms with E-state index in [2.05, 4.69) is 15.0 Å². The van der Waals surface area contributed by atoms with Crippen molar-refractivity contribution < 1.29 is 22.6 Å². The summed E-state index contributed by atoms with van der Waals surface area (Å²) in [6.45, 7) is 0.104. The molecule has 0 amide bonds. The van der Waals surface area contributed by atoms with E-state index in [1.807, 2.05) is 0 Å². The lowest BCUT2D eigenvalue weighted by molar-refractivity contribution is -0.274. The van der Waals surface area contributed by atoms with Crippen LogP contribution in [0.5, 0.6) is 11.5 Å². The standard InChI is InChI=1S/C17H14F3N3O3/c1-25-13-6-7-14-15(8-13)22-10-23(16(14)24)9-21-11-2-4-12(5-3-11)26-17(18,19)20/h2-8,10,21H,9H2,1H3. The molecule has 0 bridgehead atoms. The molecule has 0 aliphatic rings. The van der Waals surface area contributed by atoms with E-state index in [9.17, 15) is 18.0 Å². The van der Waals surface area contributed by atoms with Gasteiger partial charge in [0.05, 0.1) is 31.0 Å². The zero-order chi connectivity index (χ0) is 18.7. The van der Waals surface area contributed by atoms with Gasteiger partial charge in [0.15, 0.2) is 0 Å². The fraction of sp³-hybridized carbons (Fsp3) is 0.176. The largest absolute Gasteiger partial charge is 0.573 e. The van der Waals surface area contributed by atoms with Crippen LogP contribution in [0.2, 0.25) is 0 Å². The molecule has 0 fully saturated rings. The molecule has 6 nitrogen and oxygen atoms in total. The summed E-state index contributed by atoms with van der Waals surface area (Å²) in [5.41, 5.74) is 0.794. The van der Waals surface area contributed by atoms with Crippen LogP contribution in [0, 0.1) is 0 Å². The van der Waals surface area contributed by atoms with Gasteiger partial charge >= 0.3 is 6.36 Å². The van der Waals surface area contributed by atoms with Crippen LogP contribution in [-0.4, -0.2) is 23.0 Å². The van der Waals surface area contributed by atoms with Gasteiger partial charge in [0.2, 0.25) is 0 Å². The number of ether oxygens (including phenoxy) is 2. The highest BCUT2D eigenvalue weighted by molar-refractivity contribution is 5.78. The van der Waals surface area contributed by atoms with E-state index in [1.54, 1.807) is 18.2 Å². The van der Waals surface area contributed by atoms with Gasteiger partial charge in [0.25, 0.3) is 5.56 Å². The first-order valence-corrected chi connectivity index (χ1v) is 7.48. The number of rotatable bonds is 5. The molecule has 1 aromatic heterocycles. The lowest BCUT2D eigenvalue weighted by Crippen LogP contribution is -2.24. The minimum absolute atomic E-state index is 0.104. The summed E-state index contributed by atoms with van der Waals surface area (Å²) in [6, 6.07) is 10.2. The molecule has 0 spiro atoms. The van der Waals surface area contributed by atoms with E-state index in [1.165, 1.54) is 42.3 Å². The molecule has 2 aromatic carbocycles. The van der Waals surface area contributed by atoms with Gasteiger partial charge < -0.3 is 14.8 Å². The van der Waals surface area contributed by atoms with Crippen molar-refractivity contribution in [3.05, 3.63) is 59.1 Å². The third kappa shape index (κ3) is 4.05. The number of alkyl halides is 3. The molecule has 0 aliphatic carbocycles. The van der Waals surface area contributed by atoms with E-state index in [4.69, 9.17) is 4.74 Å². The smallest absolute Gasteiger partial charge is 0.497 e. The van der Waals surface area contributed by atoms with Gasteiger partial charge in [-0.05, 0) is 36.4 Å². The van der Waals surface area contributed by atoms with Gasteiger partial charge in [-0.25, -0.2) is 4.98 Å². The van der Waals surface area contributed by atoms with Crippen LogP contribution in [0.25, 0.3) is 10.9 Å². The predicted molar refractivity (Wildman–Crippen MR) is 89.3 cm³/mol. The van der Waals surface area contributed by atoms with E-state index in [0.717, 1.165) is 0 Å². The Kier molecular flexibility index (Phi) is 4.70. The third-order valence-corrected chi connectivity index (χ3v) is 3.57. The molecule has 1 heterocycles. The summed E-state index contributed by atoms with van der Waals surface area (Å²) in [5, 5.41) is 3.37. The maximum atomic E-state index is 12.5. The molecule has 0 saturated heterocycles. The number of hydrogen-bond acceptors (Lipinski definition) is 5. The van der Waals surface area contributed by atoms with Gasteiger partial charge in [0, 0.05) is 11.8 Å². The normalized spacial score (nSPS) is 11.4. The molecular weight excluding hydrogens is 351 g/mol. The second-order valence-electron chi connectivity index (χ2n) is 5.31. The molecule has 1 N–H and O–H groups in total. The van der Waals surface area contributed by atoms with Crippen molar-refractivity contribution in [1.29, 1.82) is 0 Å². The predicted octanol–water partition coefficient (Wildman–Crippen LogP) is 3.37. The van der Waals surface area contributed by atoms with Gasteiger partial charge in [0.1, 0.15) is 11.5 Å². The number of hydrogen-bond donors (Lipinski definition) is 1. The lowest BCUT2D eigenvalue weighted by atomic mass is 10.2. The first kappa shape index (κ1) is 17.6. The Morgan fingerprint density at radius 1 is 1.12 bits per heavy atom. The molecule has 26 heavy (non-hydrogen) atoms. The lowest BCUT2D eigenvalue weighted by Gasteiger charge is -2.12. The number of halogens is 3. The number of nitrogens with zero attached hydrogens (tertiary/aromatic N) is 2. The minimum atomic E-state index is -4.73. The first-order chi connectivity index (χ1) is 12.4. The number of nitrogens with one attached hydrogen (secondary N) is 1. The van der Waals surface area contributed by atoms with Crippen molar-refractivity contribution in [3.63, 3.8) is 0 Å². The number of aromatic nitrogens is 2. The average molecular weight is 365 g/mol. The Morgan fingerprint density at radius 2 is 1.81 bits per heavy atom. The molecule has 3 aromatic rings. The first-order valence-electron chi connectivity index (χ1n) is 7.48. The fourth-order valence-electron chi connectivity index (χ4n) is 2.33. The van der Waals surface area contributed by atoms with Gasteiger partial charge in [-0.2, -0.15) is 0 Å². The Balaban J connectivity index is 1.73. The molecule has 0 saturated carbocycles.